The van der Waals surface area contributed by atoms with Gasteiger partial charge < -0.3 is 9.52 Å². The molecule has 0 aromatic carbocycles. The quantitative estimate of drug-likeness (QED) is 0.940. The van der Waals surface area contributed by atoms with Gasteiger partial charge >= 0.3 is 0 Å². The van der Waals surface area contributed by atoms with E-state index in [1.54, 1.807) is 17.6 Å². The molecule has 0 spiro atoms. The summed E-state index contributed by atoms with van der Waals surface area (Å²) in [6.45, 7) is 2.12. The Kier molecular flexibility index (Phi) is 4.50. The highest BCUT2D eigenvalue weighted by Crippen LogP contribution is 2.26. The predicted octanol–water partition coefficient (Wildman–Crippen LogP) is 3.14. The lowest BCUT2D eigenvalue weighted by Gasteiger charge is -2.27. The van der Waals surface area contributed by atoms with E-state index in [2.05, 4.69) is 15.3 Å². The van der Waals surface area contributed by atoms with Crippen LogP contribution in [0.25, 0.3) is 10.8 Å². The first-order valence-electron chi connectivity index (χ1n) is 7.20. The van der Waals surface area contributed by atoms with Crippen molar-refractivity contribution < 1.29 is 9.52 Å². The third-order valence-corrected chi connectivity index (χ3v) is 4.76. The lowest BCUT2D eigenvalue weighted by Crippen LogP contribution is -2.37. The molecule has 20 heavy (non-hydrogen) atoms. The van der Waals surface area contributed by atoms with Gasteiger partial charge in [0.15, 0.2) is 10.8 Å². The number of aliphatic hydroxyl groups is 1. The Morgan fingerprint density at radius 2 is 2.35 bits per heavy atom. The van der Waals surface area contributed by atoms with E-state index in [4.69, 9.17) is 4.42 Å². The van der Waals surface area contributed by atoms with Crippen molar-refractivity contribution in [2.24, 2.45) is 0 Å². The number of rotatable bonds is 4. The van der Waals surface area contributed by atoms with Crippen molar-refractivity contribution in [2.45, 2.75) is 38.3 Å². The molecule has 1 aliphatic heterocycles. The number of furan rings is 1. The lowest BCUT2D eigenvalue weighted by atomic mass is 10.1. The van der Waals surface area contributed by atoms with Gasteiger partial charge in [0.05, 0.1) is 18.6 Å². The summed E-state index contributed by atoms with van der Waals surface area (Å²) in [6.07, 6.45) is 6.46. The van der Waals surface area contributed by atoms with Crippen LogP contribution in [-0.4, -0.2) is 34.2 Å². The van der Waals surface area contributed by atoms with Crippen LogP contribution in [0.3, 0.4) is 0 Å². The van der Waals surface area contributed by atoms with Crippen LogP contribution in [0.1, 0.15) is 31.4 Å². The number of hydrogen-bond donors (Lipinski definition) is 1. The van der Waals surface area contributed by atoms with E-state index in [9.17, 15) is 5.11 Å². The first-order chi connectivity index (χ1) is 9.86. The molecule has 0 amide bonds. The van der Waals surface area contributed by atoms with Crippen LogP contribution in [0, 0.1) is 0 Å². The van der Waals surface area contributed by atoms with E-state index in [0.717, 1.165) is 36.0 Å². The Labute approximate surface area is 123 Å². The zero-order valence-corrected chi connectivity index (χ0v) is 12.3. The maximum Gasteiger partial charge on any atom is 0.162 e. The summed E-state index contributed by atoms with van der Waals surface area (Å²) in [5.74, 6) is 0.829. The van der Waals surface area contributed by atoms with Crippen LogP contribution in [0.4, 0.5) is 0 Å². The molecule has 108 valence electrons. The van der Waals surface area contributed by atoms with Crippen molar-refractivity contribution >= 4 is 11.3 Å². The van der Waals surface area contributed by atoms with Crippen molar-refractivity contribution in [2.75, 3.05) is 13.2 Å². The zero-order valence-electron chi connectivity index (χ0n) is 11.5. The summed E-state index contributed by atoms with van der Waals surface area (Å²) in [6, 6.07) is 4.10. The van der Waals surface area contributed by atoms with Gasteiger partial charge in [0, 0.05) is 18.0 Å². The van der Waals surface area contributed by atoms with E-state index in [-0.39, 0.29) is 12.6 Å². The summed E-state index contributed by atoms with van der Waals surface area (Å²) in [4.78, 5) is 7.02. The van der Waals surface area contributed by atoms with Gasteiger partial charge in [0.1, 0.15) is 0 Å². The standard InChI is InChI=1S/C15H20N2O2S/c18-10-13-5-2-1-3-7-17(13)9-12-11-20-15(16-12)14-6-4-8-19-14/h4,6,8,11,13,18H,1-3,5,7,9-10H2. The van der Waals surface area contributed by atoms with Crippen LogP contribution >= 0.6 is 11.3 Å². The molecule has 3 rings (SSSR count). The van der Waals surface area contributed by atoms with E-state index < -0.39 is 0 Å². The summed E-state index contributed by atoms with van der Waals surface area (Å²) in [7, 11) is 0. The molecule has 1 saturated heterocycles. The number of thiazole rings is 1. The normalized spacial score (nSPS) is 20.9. The fraction of sp³-hybridized carbons (Fsp3) is 0.533. The van der Waals surface area contributed by atoms with Gasteiger partial charge in [-0.1, -0.05) is 12.8 Å². The Hall–Kier alpha value is -1.17. The minimum Gasteiger partial charge on any atom is -0.462 e. The van der Waals surface area contributed by atoms with E-state index in [0.29, 0.717) is 0 Å². The Bertz CT molecular complexity index is 524. The first-order valence-corrected chi connectivity index (χ1v) is 8.08. The number of aromatic nitrogens is 1. The minimum atomic E-state index is 0.245. The van der Waals surface area contributed by atoms with Crippen LogP contribution in [-0.2, 0) is 6.54 Å². The molecule has 0 radical (unpaired) electrons. The molecular weight excluding hydrogens is 272 g/mol. The summed E-state index contributed by atoms with van der Waals surface area (Å²) < 4.78 is 5.38. The van der Waals surface area contributed by atoms with Gasteiger partial charge in [-0.15, -0.1) is 11.3 Å². The molecule has 4 nitrogen and oxygen atoms in total. The molecule has 1 N–H and O–H groups in total. The van der Waals surface area contributed by atoms with Gasteiger partial charge in [-0.2, -0.15) is 0 Å². The van der Waals surface area contributed by atoms with Crippen LogP contribution in [0.5, 0.6) is 0 Å². The number of aliphatic hydroxyl groups excluding tert-OH is 1. The average molecular weight is 292 g/mol. The molecule has 0 bridgehead atoms. The van der Waals surface area contributed by atoms with E-state index >= 15 is 0 Å². The smallest absolute Gasteiger partial charge is 0.162 e. The monoisotopic (exact) mass is 292 g/mol. The fourth-order valence-corrected chi connectivity index (χ4v) is 3.53. The lowest BCUT2D eigenvalue weighted by molar-refractivity contribution is 0.117. The number of likely N-dealkylation sites (tertiary alicyclic amines) is 1. The summed E-state index contributed by atoms with van der Waals surface area (Å²) >= 11 is 1.62. The van der Waals surface area contributed by atoms with Crippen molar-refractivity contribution in [1.82, 2.24) is 9.88 Å². The molecular formula is C15H20N2O2S. The highest BCUT2D eigenvalue weighted by Gasteiger charge is 2.21. The highest BCUT2D eigenvalue weighted by molar-refractivity contribution is 7.13. The Morgan fingerprint density at radius 3 is 3.15 bits per heavy atom. The number of hydrogen-bond acceptors (Lipinski definition) is 5. The van der Waals surface area contributed by atoms with Crippen LogP contribution < -0.4 is 0 Å². The van der Waals surface area contributed by atoms with E-state index in [1.165, 1.54) is 19.3 Å². The second kappa shape index (κ2) is 6.52. The van der Waals surface area contributed by atoms with Crippen molar-refractivity contribution in [3.63, 3.8) is 0 Å². The molecule has 1 aliphatic rings. The van der Waals surface area contributed by atoms with Crippen LogP contribution in [0.15, 0.2) is 28.2 Å². The zero-order chi connectivity index (χ0) is 13.8. The van der Waals surface area contributed by atoms with Gasteiger partial charge in [0.2, 0.25) is 0 Å². The topological polar surface area (TPSA) is 49.5 Å². The fourth-order valence-electron chi connectivity index (χ4n) is 2.75. The van der Waals surface area contributed by atoms with Gasteiger partial charge in [-0.3, -0.25) is 4.90 Å². The molecule has 1 fully saturated rings. The third kappa shape index (κ3) is 3.11. The minimum absolute atomic E-state index is 0.245. The second-order valence-electron chi connectivity index (χ2n) is 5.28. The van der Waals surface area contributed by atoms with Crippen molar-refractivity contribution in [1.29, 1.82) is 0 Å². The molecule has 5 heteroatoms. The maximum absolute atomic E-state index is 9.55. The van der Waals surface area contributed by atoms with Gasteiger partial charge in [0.25, 0.3) is 0 Å². The molecule has 0 saturated carbocycles. The van der Waals surface area contributed by atoms with Crippen molar-refractivity contribution in [3.8, 4) is 10.8 Å². The first kappa shape index (κ1) is 13.8. The maximum atomic E-state index is 9.55. The summed E-state index contributed by atoms with van der Waals surface area (Å²) in [5.41, 5.74) is 1.07. The molecule has 1 unspecified atom stereocenters. The largest absolute Gasteiger partial charge is 0.462 e. The molecule has 0 aliphatic carbocycles. The van der Waals surface area contributed by atoms with Crippen molar-refractivity contribution in [3.05, 3.63) is 29.5 Å². The highest BCUT2D eigenvalue weighted by atomic mass is 32.1. The number of nitrogens with zero attached hydrogens (tertiary/aromatic N) is 2. The van der Waals surface area contributed by atoms with Gasteiger partial charge in [-0.05, 0) is 31.5 Å². The second-order valence-corrected chi connectivity index (χ2v) is 6.14. The van der Waals surface area contributed by atoms with Gasteiger partial charge in [-0.25, -0.2) is 4.98 Å². The molecule has 2 aromatic heterocycles. The average Bonchev–Trinajstić information content (AvgIpc) is 3.08. The molecule has 1 atom stereocenters. The Morgan fingerprint density at radius 1 is 1.40 bits per heavy atom. The molecule has 2 aromatic rings. The molecule has 3 heterocycles. The predicted molar refractivity (Wildman–Crippen MR) is 79.6 cm³/mol. The third-order valence-electron chi connectivity index (χ3n) is 3.86. The SMILES string of the molecule is OCC1CCCCCN1Cc1csc(-c2ccco2)n1. The summed E-state index contributed by atoms with van der Waals surface area (Å²) in [5, 5.41) is 12.6. The van der Waals surface area contributed by atoms with Crippen LogP contribution in [0.2, 0.25) is 0 Å². The Balaban J connectivity index is 1.70. The van der Waals surface area contributed by atoms with E-state index in [1.807, 2.05) is 12.1 Å².